The molecule has 1 aromatic rings. The topological polar surface area (TPSA) is 100 Å². The SMILES string of the molecule is CCOC(=O)C1CCCN(C(=NC)NCc2cccc(CN3CCCC(C(N)=O)C3)c2)C1.I. The number of likely N-dealkylation sites (tertiary alicyclic amines) is 2. The van der Waals surface area contributed by atoms with Crippen molar-refractivity contribution in [2.75, 3.05) is 39.8 Å². The summed E-state index contributed by atoms with van der Waals surface area (Å²) in [6.45, 7) is 6.98. The molecule has 2 saturated heterocycles. The van der Waals surface area contributed by atoms with E-state index in [0.29, 0.717) is 19.7 Å². The van der Waals surface area contributed by atoms with Crippen LogP contribution >= 0.6 is 24.0 Å². The summed E-state index contributed by atoms with van der Waals surface area (Å²) < 4.78 is 5.21. The molecule has 3 rings (SSSR count). The molecular formula is C24H38IN5O3. The van der Waals surface area contributed by atoms with Gasteiger partial charge in [-0.15, -0.1) is 24.0 Å². The number of ether oxygens (including phenoxy) is 1. The van der Waals surface area contributed by atoms with Crippen molar-refractivity contribution < 1.29 is 14.3 Å². The number of hydrogen-bond acceptors (Lipinski definition) is 5. The second-order valence-electron chi connectivity index (χ2n) is 8.73. The van der Waals surface area contributed by atoms with Gasteiger partial charge < -0.3 is 20.7 Å². The lowest BCUT2D eigenvalue weighted by atomic mass is 9.97. The monoisotopic (exact) mass is 571 g/mol. The summed E-state index contributed by atoms with van der Waals surface area (Å²) in [5.74, 6) is 0.363. The van der Waals surface area contributed by atoms with Crippen molar-refractivity contribution in [3.8, 4) is 0 Å². The maximum absolute atomic E-state index is 12.2. The first-order valence-electron chi connectivity index (χ1n) is 11.7. The van der Waals surface area contributed by atoms with Crippen molar-refractivity contribution >= 4 is 41.8 Å². The molecule has 184 valence electrons. The van der Waals surface area contributed by atoms with E-state index in [1.807, 2.05) is 6.92 Å². The van der Waals surface area contributed by atoms with E-state index in [9.17, 15) is 9.59 Å². The zero-order valence-electron chi connectivity index (χ0n) is 19.8. The molecule has 2 atom stereocenters. The zero-order valence-corrected chi connectivity index (χ0v) is 22.1. The van der Waals surface area contributed by atoms with Crippen LogP contribution in [-0.4, -0.2) is 67.5 Å². The van der Waals surface area contributed by atoms with E-state index in [4.69, 9.17) is 10.5 Å². The number of carbonyl (C=O) groups excluding carboxylic acids is 2. The van der Waals surface area contributed by atoms with Gasteiger partial charge in [0.1, 0.15) is 0 Å². The average molecular weight is 572 g/mol. The summed E-state index contributed by atoms with van der Waals surface area (Å²) in [6, 6.07) is 8.50. The smallest absolute Gasteiger partial charge is 0.310 e. The van der Waals surface area contributed by atoms with Gasteiger partial charge in [0, 0.05) is 39.8 Å². The van der Waals surface area contributed by atoms with Crippen LogP contribution in [0.15, 0.2) is 29.3 Å². The summed E-state index contributed by atoms with van der Waals surface area (Å²) in [7, 11) is 1.78. The van der Waals surface area contributed by atoms with Gasteiger partial charge in [-0.3, -0.25) is 19.5 Å². The number of nitrogens with two attached hydrogens (primary N) is 1. The van der Waals surface area contributed by atoms with Crippen LogP contribution in [0, 0.1) is 11.8 Å². The minimum Gasteiger partial charge on any atom is -0.466 e. The fourth-order valence-corrected chi connectivity index (χ4v) is 4.66. The number of nitrogens with zero attached hydrogens (tertiary/aromatic N) is 3. The number of esters is 1. The van der Waals surface area contributed by atoms with Gasteiger partial charge in [-0.1, -0.05) is 24.3 Å². The van der Waals surface area contributed by atoms with Gasteiger partial charge in [0.2, 0.25) is 5.91 Å². The quantitative estimate of drug-likeness (QED) is 0.226. The largest absolute Gasteiger partial charge is 0.466 e. The predicted molar refractivity (Wildman–Crippen MR) is 140 cm³/mol. The third-order valence-electron chi connectivity index (χ3n) is 6.31. The number of benzene rings is 1. The molecule has 2 fully saturated rings. The highest BCUT2D eigenvalue weighted by Crippen LogP contribution is 2.20. The fourth-order valence-electron chi connectivity index (χ4n) is 4.66. The van der Waals surface area contributed by atoms with Gasteiger partial charge in [0.25, 0.3) is 0 Å². The van der Waals surface area contributed by atoms with E-state index in [2.05, 4.69) is 44.4 Å². The molecule has 0 aliphatic carbocycles. The molecule has 3 N–H and O–H groups in total. The molecule has 0 bridgehead atoms. The molecule has 2 aliphatic heterocycles. The Hall–Kier alpha value is -1.88. The molecule has 2 aliphatic rings. The van der Waals surface area contributed by atoms with Gasteiger partial charge in [-0.05, 0) is 50.3 Å². The molecule has 2 heterocycles. The summed E-state index contributed by atoms with van der Waals surface area (Å²) in [5, 5.41) is 3.45. The molecule has 0 aromatic heterocycles. The van der Waals surface area contributed by atoms with Gasteiger partial charge >= 0.3 is 5.97 Å². The van der Waals surface area contributed by atoms with Crippen LogP contribution in [0.4, 0.5) is 0 Å². The van der Waals surface area contributed by atoms with Crippen LogP contribution < -0.4 is 11.1 Å². The average Bonchev–Trinajstić information content (AvgIpc) is 2.80. The minimum atomic E-state index is -0.193. The Labute approximate surface area is 214 Å². The fraction of sp³-hybridized carbons (Fsp3) is 0.625. The number of rotatable bonds is 7. The van der Waals surface area contributed by atoms with Crippen LogP contribution in [0.2, 0.25) is 0 Å². The highest BCUT2D eigenvalue weighted by Gasteiger charge is 2.28. The number of primary amides is 1. The van der Waals surface area contributed by atoms with Crippen molar-refractivity contribution in [2.24, 2.45) is 22.6 Å². The third-order valence-corrected chi connectivity index (χ3v) is 6.31. The van der Waals surface area contributed by atoms with Crippen molar-refractivity contribution in [2.45, 2.75) is 45.7 Å². The molecule has 8 nitrogen and oxygen atoms in total. The molecule has 2 unspecified atom stereocenters. The minimum absolute atomic E-state index is 0. The Morgan fingerprint density at radius 1 is 1.15 bits per heavy atom. The number of hydrogen-bond donors (Lipinski definition) is 2. The maximum Gasteiger partial charge on any atom is 0.310 e. The van der Waals surface area contributed by atoms with Crippen LogP contribution in [-0.2, 0) is 27.4 Å². The first-order valence-corrected chi connectivity index (χ1v) is 11.7. The number of nitrogens with one attached hydrogen (secondary N) is 1. The number of piperidine rings is 2. The summed E-state index contributed by atoms with van der Waals surface area (Å²) in [6.07, 6.45) is 3.71. The van der Waals surface area contributed by atoms with Crippen molar-refractivity contribution in [1.82, 2.24) is 15.1 Å². The van der Waals surface area contributed by atoms with E-state index in [1.54, 1.807) is 7.05 Å². The molecule has 0 radical (unpaired) electrons. The Balaban J connectivity index is 0.00000385. The molecule has 9 heteroatoms. The van der Waals surface area contributed by atoms with Crippen molar-refractivity contribution in [3.63, 3.8) is 0 Å². The zero-order chi connectivity index (χ0) is 22.9. The molecule has 0 spiro atoms. The van der Waals surface area contributed by atoms with E-state index < -0.39 is 0 Å². The van der Waals surface area contributed by atoms with Crippen LogP contribution in [0.1, 0.15) is 43.7 Å². The molecule has 33 heavy (non-hydrogen) atoms. The molecule has 1 amide bonds. The Kier molecular flexibility index (Phi) is 11.4. The van der Waals surface area contributed by atoms with E-state index in [1.165, 1.54) is 11.1 Å². The molecule has 1 aromatic carbocycles. The summed E-state index contributed by atoms with van der Waals surface area (Å²) in [4.78, 5) is 32.6. The van der Waals surface area contributed by atoms with Crippen LogP contribution in [0.5, 0.6) is 0 Å². The number of halogens is 1. The number of carbonyl (C=O) groups is 2. The van der Waals surface area contributed by atoms with Gasteiger partial charge in [0.05, 0.1) is 18.4 Å². The Morgan fingerprint density at radius 3 is 2.61 bits per heavy atom. The number of aliphatic imine (C=N–C) groups is 1. The van der Waals surface area contributed by atoms with E-state index >= 15 is 0 Å². The van der Waals surface area contributed by atoms with Crippen molar-refractivity contribution in [3.05, 3.63) is 35.4 Å². The van der Waals surface area contributed by atoms with Crippen molar-refractivity contribution in [1.29, 1.82) is 0 Å². The lowest BCUT2D eigenvalue weighted by molar-refractivity contribution is -0.149. The second-order valence-corrected chi connectivity index (χ2v) is 8.73. The molecular weight excluding hydrogens is 533 g/mol. The first-order chi connectivity index (χ1) is 15.5. The highest BCUT2D eigenvalue weighted by molar-refractivity contribution is 14.0. The summed E-state index contributed by atoms with van der Waals surface area (Å²) in [5.41, 5.74) is 7.91. The van der Waals surface area contributed by atoms with Gasteiger partial charge in [-0.25, -0.2) is 0 Å². The lowest BCUT2D eigenvalue weighted by Gasteiger charge is -2.34. The first kappa shape index (κ1) is 27.4. The normalized spacial score (nSPS) is 21.8. The van der Waals surface area contributed by atoms with Gasteiger partial charge in [-0.2, -0.15) is 0 Å². The molecule has 0 saturated carbocycles. The number of guanidine groups is 1. The third kappa shape index (κ3) is 8.13. The Bertz CT molecular complexity index is 819. The predicted octanol–water partition coefficient (Wildman–Crippen LogP) is 2.35. The number of amides is 1. The standard InChI is InChI=1S/C24H37N5O3.HI/c1-3-32-23(31)21-10-6-12-29(17-21)24(26-2)27-14-18-7-4-8-19(13-18)15-28-11-5-9-20(16-28)22(25)30;/h4,7-8,13,20-21H,3,5-6,9-12,14-17H2,1-2H3,(H2,25,30)(H,26,27);1H. The van der Waals surface area contributed by atoms with Gasteiger partial charge in [0.15, 0.2) is 5.96 Å². The van der Waals surface area contributed by atoms with Crippen LogP contribution in [0.3, 0.4) is 0 Å². The lowest BCUT2D eigenvalue weighted by Crippen LogP contribution is -2.48. The van der Waals surface area contributed by atoms with Crippen LogP contribution in [0.25, 0.3) is 0 Å². The summed E-state index contributed by atoms with van der Waals surface area (Å²) >= 11 is 0. The van der Waals surface area contributed by atoms with E-state index in [-0.39, 0.29) is 47.7 Å². The Morgan fingerprint density at radius 2 is 1.88 bits per heavy atom. The highest BCUT2D eigenvalue weighted by atomic mass is 127. The second kappa shape index (κ2) is 13.7. The maximum atomic E-state index is 12.2. The van der Waals surface area contributed by atoms with E-state index in [0.717, 1.165) is 57.8 Å².